The van der Waals surface area contributed by atoms with Gasteiger partial charge in [-0.05, 0) is 18.1 Å². The Morgan fingerprint density at radius 1 is 1.26 bits per heavy atom. The van der Waals surface area contributed by atoms with Crippen LogP contribution >= 0.6 is 11.3 Å². The minimum absolute atomic E-state index is 0.0462. The number of rotatable bonds is 3. The van der Waals surface area contributed by atoms with Gasteiger partial charge in [0.2, 0.25) is 0 Å². The molecule has 19 heavy (non-hydrogen) atoms. The summed E-state index contributed by atoms with van der Waals surface area (Å²) >= 11 is 0.610. The third-order valence-electron chi connectivity index (χ3n) is 2.44. The van der Waals surface area contributed by atoms with Gasteiger partial charge in [0.25, 0.3) is 0 Å². The summed E-state index contributed by atoms with van der Waals surface area (Å²) in [4.78, 5) is 14.8. The molecule has 0 unspecified atom stereocenters. The number of halogens is 3. The normalized spacial score (nSPS) is 11.6. The van der Waals surface area contributed by atoms with Gasteiger partial charge in [-0.3, -0.25) is 4.79 Å². The fourth-order valence-electron chi connectivity index (χ4n) is 1.61. The number of hydrogen-bond donors (Lipinski definition) is 0. The average Bonchev–Trinajstić information content (AvgIpc) is 2.78. The molecule has 0 aliphatic carbocycles. The van der Waals surface area contributed by atoms with E-state index in [0.717, 1.165) is 5.56 Å². The second kappa shape index (κ2) is 5.13. The molecule has 1 heterocycles. The summed E-state index contributed by atoms with van der Waals surface area (Å²) in [5, 5.41) is -0.852. The molecule has 0 radical (unpaired) electrons. The lowest BCUT2D eigenvalue weighted by atomic mass is 10.1. The molecule has 2 rings (SSSR count). The Balaban J connectivity index is 2.23. The molecule has 0 saturated carbocycles. The van der Waals surface area contributed by atoms with Crippen LogP contribution in [-0.4, -0.2) is 10.8 Å². The van der Waals surface area contributed by atoms with Gasteiger partial charge in [-0.2, -0.15) is 13.2 Å². The third kappa shape index (κ3) is 3.41. The smallest absolute Gasteiger partial charge is 0.300 e. The highest BCUT2D eigenvalue weighted by Crippen LogP contribution is 2.36. The van der Waals surface area contributed by atoms with E-state index in [4.69, 9.17) is 0 Å². The third-order valence-corrected chi connectivity index (χ3v) is 3.53. The van der Waals surface area contributed by atoms with E-state index in [1.807, 2.05) is 0 Å². The molecule has 0 aliphatic rings. The molecule has 0 fully saturated rings. The van der Waals surface area contributed by atoms with Crippen LogP contribution < -0.4 is 0 Å². The Bertz CT molecular complexity index is 587. The van der Waals surface area contributed by atoms with Crippen molar-refractivity contribution in [2.24, 2.45) is 0 Å². The van der Waals surface area contributed by atoms with Crippen molar-refractivity contribution >= 4 is 17.1 Å². The van der Waals surface area contributed by atoms with E-state index in [1.54, 1.807) is 24.3 Å². The van der Waals surface area contributed by atoms with Gasteiger partial charge in [-0.25, -0.2) is 4.98 Å². The zero-order valence-corrected chi connectivity index (χ0v) is 10.8. The Labute approximate surface area is 111 Å². The van der Waals surface area contributed by atoms with Crippen LogP contribution in [0.15, 0.2) is 30.5 Å². The number of hydrogen-bond acceptors (Lipinski definition) is 3. The summed E-state index contributed by atoms with van der Waals surface area (Å²) in [7, 11) is 0. The van der Waals surface area contributed by atoms with Crippen LogP contribution in [0.25, 0.3) is 10.4 Å². The molecule has 0 N–H and O–H groups in total. The molecule has 1 aromatic heterocycles. The second-order valence-corrected chi connectivity index (χ2v) is 5.13. The molecule has 1 aromatic carbocycles. The summed E-state index contributed by atoms with van der Waals surface area (Å²) in [6.07, 6.45) is -2.86. The molecule has 2 nitrogen and oxygen atoms in total. The fraction of sp³-hybridized carbons (Fsp3) is 0.231. The van der Waals surface area contributed by atoms with Crippen LogP contribution in [0.1, 0.15) is 17.5 Å². The maximum Gasteiger partial charge on any atom is 0.443 e. The van der Waals surface area contributed by atoms with Gasteiger partial charge >= 0.3 is 6.18 Å². The number of aromatic nitrogens is 1. The van der Waals surface area contributed by atoms with Gasteiger partial charge in [-0.15, -0.1) is 11.3 Å². The number of nitrogens with zero attached hydrogens (tertiary/aromatic N) is 1. The largest absolute Gasteiger partial charge is 0.443 e. The first-order valence-electron chi connectivity index (χ1n) is 5.48. The summed E-state index contributed by atoms with van der Waals surface area (Å²) in [5.41, 5.74) is 1.51. The van der Waals surface area contributed by atoms with Crippen molar-refractivity contribution in [3.63, 3.8) is 0 Å². The minimum atomic E-state index is -4.41. The Morgan fingerprint density at radius 3 is 2.37 bits per heavy atom. The molecule has 0 atom stereocenters. The van der Waals surface area contributed by atoms with Gasteiger partial charge in [0.05, 0.1) is 4.88 Å². The van der Waals surface area contributed by atoms with Crippen molar-refractivity contribution < 1.29 is 18.0 Å². The van der Waals surface area contributed by atoms with E-state index in [9.17, 15) is 18.0 Å². The standard InChI is InChI=1S/C13H10F3NOS/c1-8(18)6-9-2-4-10(5-3-9)11-7-17-12(19-11)13(14,15)16/h2-5,7H,6H2,1H3. The lowest BCUT2D eigenvalue weighted by Crippen LogP contribution is -2.02. The quantitative estimate of drug-likeness (QED) is 0.854. The number of alkyl halides is 3. The highest BCUT2D eigenvalue weighted by molar-refractivity contribution is 7.15. The summed E-state index contributed by atoms with van der Waals surface area (Å²) in [6, 6.07) is 6.88. The van der Waals surface area contributed by atoms with Crippen LogP contribution in [-0.2, 0) is 17.4 Å². The fourth-order valence-corrected chi connectivity index (χ4v) is 2.40. The van der Waals surface area contributed by atoms with Gasteiger partial charge in [-0.1, -0.05) is 24.3 Å². The van der Waals surface area contributed by atoms with Crippen molar-refractivity contribution in [1.82, 2.24) is 4.98 Å². The molecule has 0 bridgehead atoms. The van der Waals surface area contributed by atoms with E-state index >= 15 is 0 Å². The monoisotopic (exact) mass is 285 g/mol. The van der Waals surface area contributed by atoms with Crippen LogP contribution in [0.2, 0.25) is 0 Å². The Morgan fingerprint density at radius 2 is 1.89 bits per heavy atom. The number of carbonyl (C=O) groups excluding carboxylic acids is 1. The number of Topliss-reactive ketones (excluding diaryl/α,β-unsaturated/α-hetero) is 1. The van der Waals surface area contributed by atoms with Gasteiger partial charge in [0.1, 0.15) is 5.78 Å². The molecule has 0 spiro atoms. The van der Waals surface area contributed by atoms with E-state index in [0.29, 0.717) is 28.2 Å². The molecular weight excluding hydrogens is 275 g/mol. The minimum Gasteiger partial charge on any atom is -0.300 e. The van der Waals surface area contributed by atoms with E-state index in [2.05, 4.69) is 4.98 Å². The van der Waals surface area contributed by atoms with Crippen molar-refractivity contribution in [2.75, 3.05) is 0 Å². The van der Waals surface area contributed by atoms with Crippen molar-refractivity contribution in [3.05, 3.63) is 41.0 Å². The first-order valence-corrected chi connectivity index (χ1v) is 6.29. The van der Waals surface area contributed by atoms with E-state index in [-0.39, 0.29) is 5.78 Å². The van der Waals surface area contributed by atoms with Gasteiger partial charge in [0, 0.05) is 12.6 Å². The summed E-state index contributed by atoms with van der Waals surface area (Å²) in [5.74, 6) is 0.0462. The zero-order valence-electron chi connectivity index (χ0n) is 9.99. The number of ketones is 1. The highest BCUT2D eigenvalue weighted by Gasteiger charge is 2.34. The summed E-state index contributed by atoms with van der Waals surface area (Å²) < 4.78 is 37.3. The lowest BCUT2D eigenvalue weighted by molar-refractivity contribution is -0.137. The predicted molar refractivity (Wildman–Crippen MR) is 66.9 cm³/mol. The SMILES string of the molecule is CC(=O)Cc1ccc(-c2cnc(C(F)(F)F)s2)cc1. The number of carbonyl (C=O) groups is 1. The average molecular weight is 285 g/mol. The summed E-state index contributed by atoms with van der Waals surface area (Å²) in [6.45, 7) is 1.49. The Kier molecular flexibility index (Phi) is 3.71. The Hall–Kier alpha value is -1.69. The first kappa shape index (κ1) is 13.7. The topological polar surface area (TPSA) is 30.0 Å². The highest BCUT2D eigenvalue weighted by atomic mass is 32.1. The van der Waals surface area contributed by atoms with Crippen LogP contribution in [0.3, 0.4) is 0 Å². The van der Waals surface area contributed by atoms with Crippen LogP contribution in [0.5, 0.6) is 0 Å². The van der Waals surface area contributed by atoms with E-state index in [1.165, 1.54) is 13.1 Å². The lowest BCUT2D eigenvalue weighted by Gasteiger charge is -2.01. The molecular formula is C13H10F3NOS. The molecule has 100 valence electrons. The molecule has 2 aromatic rings. The van der Waals surface area contributed by atoms with Gasteiger partial charge in [0.15, 0.2) is 5.01 Å². The van der Waals surface area contributed by atoms with Crippen molar-refractivity contribution in [3.8, 4) is 10.4 Å². The zero-order chi connectivity index (χ0) is 14.0. The molecule has 0 amide bonds. The maximum absolute atomic E-state index is 12.4. The molecule has 0 aliphatic heterocycles. The van der Waals surface area contributed by atoms with Gasteiger partial charge < -0.3 is 0 Å². The van der Waals surface area contributed by atoms with Crippen LogP contribution in [0.4, 0.5) is 13.2 Å². The number of benzene rings is 1. The first-order chi connectivity index (χ1) is 8.86. The van der Waals surface area contributed by atoms with E-state index < -0.39 is 11.2 Å². The number of thiazole rings is 1. The van der Waals surface area contributed by atoms with Crippen LogP contribution in [0, 0.1) is 0 Å². The molecule has 6 heteroatoms. The second-order valence-electron chi connectivity index (χ2n) is 4.10. The maximum atomic E-state index is 12.4. The predicted octanol–water partition coefficient (Wildman–Crippen LogP) is 3.96. The van der Waals surface area contributed by atoms with Crippen molar-refractivity contribution in [2.45, 2.75) is 19.5 Å². The van der Waals surface area contributed by atoms with Crippen molar-refractivity contribution in [1.29, 1.82) is 0 Å². The molecule has 0 saturated heterocycles.